The van der Waals surface area contributed by atoms with Crippen LogP contribution in [0.5, 0.6) is 11.5 Å². The number of hydrogen-bond acceptors (Lipinski definition) is 3. The monoisotopic (exact) mass is 184 g/mol. The Morgan fingerprint density at radius 2 is 2.31 bits per heavy atom. The second kappa shape index (κ2) is 3.89. The predicted octanol–water partition coefficient (Wildman–Crippen LogP) is 1.28. The molecule has 0 bridgehead atoms. The molecule has 13 heavy (non-hydrogen) atoms. The van der Waals surface area contributed by atoms with Crippen molar-refractivity contribution in [2.45, 2.75) is 6.42 Å². The van der Waals surface area contributed by atoms with Crippen LogP contribution in [-0.2, 0) is 11.2 Å². The molecule has 1 aromatic carbocycles. The summed E-state index contributed by atoms with van der Waals surface area (Å²) in [5.74, 6) is -0.710. The van der Waals surface area contributed by atoms with E-state index < -0.39 is 5.82 Å². The molecule has 3 nitrogen and oxygen atoms in total. The summed E-state index contributed by atoms with van der Waals surface area (Å²) >= 11 is 0. The van der Waals surface area contributed by atoms with E-state index in [9.17, 15) is 9.18 Å². The van der Waals surface area contributed by atoms with Gasteiger partial charge in [-0.2, -0.15) is 0 Å². The summed E-state index contributed by atoms with van der Waals surface area (Å²) in [7, 11) is 1.36. The predicted molar refractivity (Wildman–Crippen MR) is 44.4 cm³/mol. The SMILES string of the molecule is COc1cc(CC=O)c(F)cc1O. The zero-order chi connectivity index (χ0) is 9.84. The van der Waals surface area contributed by atoms with E-state index in [0.717, 1.165) is 6.07 Å². The normalized spacial score (nSPS) is 9.69. The molecule has 1 N–H and O–H groups in total. The minimum atomic E-state index is -0.606. The van der Waals surface area contributed by atoms with Gasteiger partial charge in [0.05, 0.1) is 7.11 Å². The molecule has 0 saturated carbocycles. The molecule has 70 valence electrons. The van der Waals surface area contributed by atoms with E-state index in [0.29, 0.717) is 6.29 Å². The highest BCUT2D eigenvalue weighted by molar-refractivity contribution is 5.57. The van der Waals surface area contributed by atoms with E-state index in [-0.39, 0.29) is 23.5 Å². The van der Waals surface area contributed by atoms with Crippen molar-refractivity contribution in [1.29, 1.82) is 0 Å². The number of aldehydes is 1. The first-order chi connectivity index (χ1) is 6.19. The fraction of sp³-hybridized carbons (Fsp3) is 0.222. The van der Waals surface area contributed by atoms with Gasteiger partial charge in [-0.15, -0.1) is 0 Å². The molecule has 0 heterocycles. The van der Waals surface area contributed by atoms with Crippen LogP contribution in [0.4, 0.5) is 4.39 Å². The summed E-state index contributed by atoms with van der Waals surface area (Å²) in [5.41, 5.74) is 0.213. The van der Waals surface area contributed by atoms with Crippen LogP contribution in [-0.4, -0.2) is 18.5 Å². The lowest BCUT2D eigenvalue weighted by atomic mass is 10.1. The Bertz CT molecular complexity index is 323. The van der Waals surface area contributed by atoms with Crippen LogP contribution in [0.1, 0.15) is 5.56 Å². The van der Waals surface area contributed by atoms with Gasteiger partial charge in [-0.25, -0.2) is 4.39 Å². The molecule has 0 radical (unpaired) electrons. The zero-order valence-electron chi connectivity index (χ0n) is 7.08. The van der Waals surface area contributed by atoms with Crippen LogP contribution in [0.15, 0.2) is 12.1 Å². The fourth-order valence-electron chi connectivity index (χ4n) is 0.995. The highest BCUT2D eigenvalue weighted by atomic mass is 19.1. The molecule has 0 aliphatic heterocycles. The topological polar surface area (TPSA) is 46.5 Å². The van der Waals surface area contributed by atoms with E-state index in [2.05, 4.69) is 0 Å². The molecule has 0 saturated heterocycles. The summed E-state index contributed by atoms with van der Waals surface area (Å²) in [6.45, 7) is 0. The minimum Gasteiger partial charge on any atom is -0.504 e. The van der Waals surface area contributed by atoms with Gasteiger partial charge >= 0.3 is 0 Å². The number of halogens is 1. The highest BCUT2D eigenvalue weighted by Crippen LogP contribution is 2.28. The maximum Gasteiger partial charge on any atom is 0.160 e. The van der Waals surface area contributed by atoms with E-state index in [1.165, 1.54) is 13.2 Å². The van der Waals surface area contributed by atoms with Gasteiger partial charge in [-0.3, -0.25) is 0 Å². The lowest BCUT2D eigenvalue weighted by molar-refractivity contribution is -0.107. The Morgan fingerprint density at radius 3 is 2.85 bits per heavy atom. The maximum atomic E-state index is 13.0. The molecular weight excluding hydrogens is 175 g/mol. The number of phenolic OH excluding ortho intramolecular Hbond substituents is 1. The van der Waals surface area contributed by atoms with Gasteiger partial charge in [0, 0.05) is 12.5 Å². The molecule has 0 spiro atoms. The lowest BCUT2D eigenvalue weighted by Crippen LogP contribution is -1.93. The number of rotatable bonds is 3. The van der Waals surface area contributed by atoms with Gasteiger partial charge in [-0.05, 0) is 11.6 Å². The number of benzene rings is 1. The summed E-state index contributed by atoms with van der Waals surface area (Å²) in [5, 5.41) is 9.13. The highest BCUT2D eigenvalue weighted by Gasteiger charge is 2.08. The molecule has 0 aliphatic rings. The Hall–Kier alpha value is -1.58. The van der Waals surface area contributed by atoms with Crippen molar-refractivity contribution in [3.05, 3.63) is 23.5 Å². The first-order valence-corrected chi connectivity index (χ1v) is 3.68. The van der Waals surface area contributed by atoms with Crippen LogP contribution < -0.4 is 4.74 Å². The van der Waals surface area contributed by atoms with Crippen molar-refractivity contribution in [2.75, 3.05) is 7.11 Å². The maximum absolute atomic E-state index is 13.0. The minimum absolute atomic E-state index is 0.0253. The number of aromatic hydroxyl groups is 1. The zero-order valence-corrected chi connectivity index (χ0v) is 7.08. The third-order valence-corrected chi connectivity index (χ3v) is 1.65. The van der Waals surface area contributed by atoms with E-state index in [1.807, 2.05) is 0 Å². The lowest BCUT2D eigenvalue weighted by Gasteiger charge is -2.05. The van der Waals surface area contributed by atoms with Crippen molar-refractivity contribution in [2.24, 2.45) is 0 Å². The number of phenols is 1. The molecule has 1 rings (SSSR count). The number of ether oxygens (including phenoxy) is 1. The van der Waals surface area contributed by atoms with Crippen molar-refractivity contribution in [1.82, 2.24) is 0 Å². The van der Waals surface area contributed by atoms with Crippen molar-refractivity contribution >= 4 is 6.29 Å². The van der Waals surface area contributed by atoms with Crippen molar-refractivity contribution < 1.29 is 19.0 Å². The largest absolute Gasteiger partial charge is 0.504 e. The average molecular weight is 184 g/mol. The van der Waals surface area contributed by atoms with Crippen LogP contribution in [0, 0.1) is 5.82 Å². The number of carbonyl (C=O) groups excluding carboxylic acids is 1. The molecule has 0 unspecified atom stereocenters. The van der Waals surface area contributed by atoms with Crippen LogP contribution in [0.2, 0.25) is 0 Å². The number of carbonyl (C=O) groups is 1. The summed E-state index contributed by atoms with van der Waals surface area (Å²) in [4.78, 5) is 10.1. The molecule has 1 aromatic rings. The van der Waals surface area contributed by atoms with Crippen molar-refractivity contribution in [3.63, 3.8) is 0 Å². The first-order valence-electron chi connectivity index (χ1n) is 3.68. The molecular formula is C9H9FO3. The van der Waals surface area contributed by atoms with Gasteiger partial charge in [0.25, 0.3) is 0 Å². The first kappa shape index (κ1) is 9.51. The average Bonchev–Trinajstić information content (AvgIpc) is 2.10. The van der Waals surface area contributed by atoms with E-state index >= 15 is 0 Å². The molecule has 0 amide bonds. The van der Waals surface area contributed by atoms with Crippen LogP contribution in [0.25, 0.3) is 0 Å². The smallest absolute Gasteiger partial charge is 0.160 e. The van der Waals surface area contributed by atoms with E-state index in [4.69, 9.17) is 9.84 Å². The standard InChI is InChI=1S/C9H9FO3/c1-13-9-4-6(2-3-11)7(10)5-8(9)12/h3-5,12H,2H2,1H3. The quantitative estimate of drug-likeness (QED) is 0.720. The van der Waals surface area contributed by atoms with Gasteiger partial charge in [0.15, 0.2) is 11.5 Å². The molecule has 0 atom stereocenters. The third kappa shape index (κ3) is 1.96. The molecule has 0 aromatic heterocycles. The Morgan fingerprint density at radius 1 is 1.62 bits per heavy atom. The third-order valence-electron chi connectivity index (χ3n) is 1.65. The number of hydrogen-bond donors (Lipinski definition) is 1. The van der Waals surface area contributed by atoms with Gasteiger partial charge in [0.2, 0.25) is 0 Å². The molecule has 4 heteroatoms. The molecule has 0 fully saturated rings. The summed E-state index contributed by atoms with van der Waals surface area (Å²) in [6.07, 6.45) is 0.567. The Labute approximate surface area is 74.8 Å². The van der Waals surface area contributed by atoms with Crippen LogP contribution >= 0.6 is 0 Å². The van der Waals surface area contributed by atoms with Gasteiger partial charge in [0.1, 0.15) is 12.1 Å². The second-order valence-corrected chi connectivity index (χ2v) is 2.49. The van der Waals surface area contributed by atoms with Crippen LogP contribution in [0.3, 0.4) is 0 Å². The van der Waals surface area contributed by atoms with E-state index in [1.54, 1.807) is 0 Å². The Balaban J connectivity index is 3.13. The number of methoxy groups -OCH3 is 1. The van der Waals surface area contributed by atoms with Gasteiger partial charge in [-0.1, -0.05) is 0 Å². The second-order valence-electron chi connectivity index (χ2n) is 2.49. The van der Waals surface area contributed by atoms with Crippen molar-refractivity contribution in [3.8, 4) is 11.5 Å². The molecule has 0 aliphatic carbocycles. The Kier molecular flexibility index (Phi) is 2.84. The summed E-state index contributed by atoms with van der Waals surface area (Å²) in [6, 6.07) is 2.23. The summed E-state index contributed by atoms with van der Waals surface area (Å²) < 4.78 is 17.7. The van der Waals surface area contributed by atoms with Gasteiger partial charge < -0.3 is 14.6 Å². The fourth-order valence-corrected chi connectivity index (χ4v) is 0.995.